The Hall–Kier alpha value is -2.77. The van der Waals surface area contributed by atoms with Crippen LogP contribution in [-0.4, -0.2) is 30.8 Å². The van der Waals surface area contributed by atoms with Gasteiger partial charge in [-0.3, -0.25) is 4.79 Å². The second kappa shape index (κ2) is 7.87. The molecule has 0 N–H and O–H groups in total. The Morgan fingerprint density at radius 3 is 2.32 bits per heavy atom. The van der Waals surface area contributed by atoms with E-state index in [-0.39, 0.29) is 24.7 Å². The topological polar surface area (TPSA) is 38.8 Å². The maximum atomic E-state index is 13.4. The number of hydrogen-bond acceptors (Lipinski definition) is 3. The number of nitrogens with zero attached hydrogens (tertiary/aromatic N) is 1. The molecule has 0 aliphatic rings. The monoisotopic (exact) mass is 357 g/mol. The van der Waals surface area contributed by atoms with E-state index in [1.807, 2.05) is 0 Å². The molecule has 25 heavy (non-hydrogen) atoms. The molecule has 2 aromatic carbocycles. The highest BCUT2D eigenvalue weighted by Crippen LogP contribution is 2.23. The van der Waals surface area contributed by atoms with Crippen LogP contribution >= 0.6 is 0 Å². The first kappa shape index (κ1) is 18.6. The second-order valence-electron chi connectivity index (χ2n) is 5.16. The zero-order chi connectivity index (χ0) is 18.4. The van der Waals surface area contributed by atoms with Crippen LogP contribution in [0.4, 0.5) is 17.6 Å². The van der Waals surface area contributed by atoms with Crippen LogP contribution in [0.2, 0.25) is 0 Å². The SMILES string of the molecule is CN(Cc1ccc(OC(F)(F)F)cc1)C(=O)COc1ccccc1F. The first-order valence-corrected chi connectivity index (χ1v) is 7.20. The van der Waals surface area contributed by atoms with E-state index in [2.05, 4.69) is 4.74 Å². The van der Waals surface area contributed by atoms with E-state index in [1.54, 1.807) is 6.07 Å². The van der Waals surface area contributed by atoms with Crippen LogP contribution in [-0.2, 0) is 11.3 Å². The average Bonchev–Trinajstić information content (AvgIpc) is 2.54. The van der Waals surface area contributed by atoms with E-state index in [4.69, 9.17) is 4.74 Å². The van der Waals surface area contributed by atoms with Crippen molar-refractivity contribution in [3.63, 3.8) is 0 Å². The summed E-state index contributed by atoms with van der Waals surface area (Å²) < 4.78 is 58.6. The first-order chi connectivity index (χ1) is 11.7. The summed E-state index contributed by atoms with van der Waals surface area (Å²) in [6.45, 7) is -0.196. The fourth-order valence-electron chi connectivity index (χ4n) is 1.97. The van der Waals surface area contributed by atoms with Crippen LogP contribution in [0.25, 0.3) is 0 Å². The molecule has 0 radical (unpaired) electrons. The number of para-hydroxylation sites is 1. The molecular weight excluding hydrogens is 342 g/mol. The molecule has 0 heterocycles. The number of amides is 1. The quantitative estimate of drug-likeness (QED) is 0.739. The van der Waals surface area contributed by atoms with Crippen LogP contribution in [0.1, 0.15) is 5.56 Å². The molecule has 0 saturated carbocycles. The highest BCUT2D eigenvalue weighted by atomic mass is 19.4. The third kappa shape index (κ3) is 5.98. The van der Waals surface area contributed by atoms with Crippen molar-refractivity contribution in [3.05, 3.63) is 59.9 Å². The number of alkyl halides is 3. The fourth-order valence-corrected chi connectivity index (χ4v) is 1.97. The van der Waals surface area contributed by atoms with Crippen LogP contribution in [0, 0.1) is 5.82 Å². The highest BCUT2D eigenvalue weighted by molar-refractivity contribution is 5.77. The van der Waals surface area contributed by atoms with Crippen molar-refractivity contribution >= 4 is 5.91 Å². The number of carbonyl (C=O) groups excluding carboxylic acids is 1. The number of ether oxygens (including phenoxy) is 2. The Morgan fingerprint density at radius 2 is 1.72 bits per heavy atom. The zero-order valence-electron chi connectivity index (χ0n) is 13.2. The van der Waals surface area contributed by atoms with Crippen LogP contribution in [0.15, 0.2) is 48.5 Å². The molecule has 8 heteroatoms. The Kier molecular flexibility index (Phi) is 5.84. The molecule has 0 spiro atoms. The van der Waals surface area contributed by atoms with Gasteiger partial charge < -0.3 is 14.4 Å². The van der Waals surface area contributed by atoms with Crippen LogP contribution < -0.4 is 9.47 Å². The van der Waals surface area contributed by atoms with Gasteiger partial charge in [0, 0.05) is 13.6 Å². The van der Waals surface area contributed by atoms with Crippen LogP contribution in [0.5, 0.6) is 11.5 Å². The Labute approximate surface area is 141 Å². The number of carbonyl (C=O) groups is 1. The molecular formula is C17H15F4NO3. The van der Waals surface area contributed by atoms with Crippen molar-refractivity contribution in [3.8, 4) is 11.5 Å². The molecule has 0 saturated heterocycles. The summed E-state index contributed by atoms with van der Waals surface area (Å²) in [4.78, 5) is 13.3. The number of halogens is 4. The predicted octanol–water partition coefficient (Wildman–Crippen LogP) is 3.76. The Morgan fingerprint density at radius 1 is 1.08 bits per heavy atom. The van der Waals surface area contributed by atoms with E-state index in [0.717, 1.165) is 12.1 Å². The molecule has 134 valence electrons. The second-order valence-corrected chi connectivity index (χ2v) is 5.16. The van der Waals surface area contributed by atoms with Gasteiger partial charge in [-0.2, -0.15) is 0 Å². The maximum absolute atomic E-state index is 13.4. The van der Waals surface area contributed by atoms with Gasteiger partial charge in [-0.1, -0.05) is 24.3 Å². The number of rotatable bonds is 6. The third-order valence-corrected chi connectivity index (χ3v) is 3.19. The van der Waals surface area contributed by atoms with Gasteiger partial charge >= 0.3 is 6.36 Å². The van der Waals surface area contributed by atoms with Crippen molar-refractivity contribution in [1.29, 1.82) is 0 Å². The smallest absolute Gasteiger partial charge is 0.481 e. The van der Waals surface area contributed by atoms with Gasteiger partial charge in [0.15, 0.2) is 18.2 Å². The van der Waals surface area contributed by atoms with Gasteiger partial charge in [0.1, 0.15) is 5.75 Å². The number of hydrogen-bond donors (Lipinski definition) is 0. The Bertz CT molecular complexity index is 717. The summed E-state index contributed by atoms with van der Waals surface area (Å²) in [5.41, 5.74) is 0.608. The minimum atomic E-state index is -4.75. The van der Waals surface area contributed by atoms with E-state index < -0.39 is 18.1 Å². The molecule has 0 fully saturated rings. The highest BCUT2D eigenvalue weighted by Gasteiger charge is 2.30. The largest absolute Gasteiger partial charge is 0.573 e. The van der Waals surface area contributed by atoms with Crippen molar-refractivity contribution < 1.29 is 31.8 Å². The number of benzene rings is 2. The molecule has 0 unspecified atom stereocenters. The minimum Gasteiger partial charge on any atom is -0.481 e. The van der Waals surface area contributed by atoms with Gasteiger partial charge in [-0.05, 0) is 29.8 Å². The maximum Gasteiger partial charge on any atom is 0.573 e. The molecule has 2 rings (SSSR count). The van der Waals surface area contributed by atoms with Crippen molar-refractivity contribution in [1.82, 2.24) is 4.90 Å². The Balaban J connectivity index is 1.87. The summed E-state index contributed by atoms with van der Waals surface area (Å²) in [6, 6.07) is 10.9. The molecule has 0 aliphatic heterocycles. The lowest BCUT2D eigenvalue weighted by molar-refractivity contribution is -0.274. The average molecular weight is 357 g/mol. The molecule has 0 atom stereocenters. The van der Waals surface area contributed by atoms with E-state index in [0.29, 0.717) is 5.56 Å². The third-order valence-electron chi connectivity index (χ3n) is 3.19. The molecule has 4 nitrogen and oxygen atoms in total. The lowest BCUT2D eigenvalue weighted by Gasteiger charge is -2.18. The van der Waals surface area contributed by atoms with E-state index in [9.17, 15) is 22.4 Å². The van der Waals surface area contributed by atoms with Crippen molar-refractivity contribution in [2.24, 2.45) is 0 Å². The summed E-state index contributed by atoms with van der Waals surface area (Å²) in [5.74, 6) is -1.34. The molecule has 0 aromatic heterocycles. The normalized spacial score (nSPS) is 11.1. The molecule has 2 aromatic rings. The van der Waals surface area contributed by atoms with Gasteiger partial charge in [-0.15, -0.1) is 13.2 Å². The minimum absolute atomic E-state index is 0.0297. The molecule has 0 aliphatic carbocycles. The zero-order valence-corrected chi connectivity index (χ0v) is 13.2. The van der Waals surface area contributed by atoms with Gasteiger partial charge in [0.05, 0.1) is 0 Å². The van der Waals surface area contributed by atoms with E-state index >= 15 is 0 Å². The predicted molar refractivity (Wildman–Crippen MR) is 81.5 cm³/mol. The van der Waals surface area contributed by atoms with Gasteiger partial charge in [0.25, 0.3) is 5.91 Å². The van der Waals surface area contributed by atoms with Gasteiger partial charge in [-0.25, -0.2) is 4.39 Å². The van der Waals surface area contributed by atoms with Crippen molar-refractivity contribution in [2.45, 2.75) is 12.9 Å². The standard InChI is InChI=1S/C17H15F4NO3/c1-22(16(23)11-24-15-5-3-2-4-14(15)18)10-12-6-8-13(9-7-12)25-17(19,20)21/h2-9H,10-11H2,1H3. The van der Waals surface area contributed by atoms with Crippen LogP contribution in [0.3, 0.4) is 0 Å². The van der Waals surface area contributed by atoms with Crippen molar-refractivity contribution in [2.75, 3.05) is 13.7 Å². The lowest BCUT2D eigenvalue weighted by atomic mass is 10.2. The summed E-state index contributed by atoms with van der Waals surface area (Å²) in [6.07, 6.45) is -4.75. The summed E-state index contributed by atoms with van der Waals surface area (Å²) >= 11 is 0. The first-order valence-electron chi connectivity index (χ1n) is 7.20. The van der Waals surface area contributed by atoms with E-state index in [1.165, 1.54) is 42.3 Å². The summed E-state index contributed by atoms with van der Waals surface area (Å²) in [5, 5.41) is 0. The number of likely N-dealkylation sites (N-methyl/N-ethyl adjacent to an activating group) is 1. The lowest BCUT2D eigenvalue weighted by Crippen LogP contribution is -2.31. The summed E-state index contributed by atoms with van der Waals surface area (Å²) in [7, 11) is 1.51. The van der Waals surface area contributed by atoms with Gasteiger partial charge in [0.2, 0.25) is 0 Å². The molecule has 0 bridgehead atoms. The fraction of sp³-hybridized carbons (Fsp3) is 0.235. The molecule has 1 amide bonds.